The van der Waals surface area contributed by atoms with E-state index in [9.17, 15) is 9.59 Å². The number of amides is 1. The van der Waals surface area contributed by atoms with Gasteiger partial charge in [0.25, 0.3) is 11.5 Å². The lowest BCUT2D eigenvalue weighted by Gasteiger charge is -2.13. The second-order valence-electron chi connectivity index (χ2n) is 7.50. The summed E-state index contributed by atoms with van der Waals surface area (Å²) in [6, 6.07) is 11.0. The highest BCUT2D eigenvalue weighted by Crippen LogP contribution is 2.16. The average Bonchev–Trinajstić information content (AvgIpc) is 3.28. The summed E-state index contributed by atoms with van der Waals surface area (Å²) in [6.45, 7) is 3.41. The minimum Gasteiger partial charge on any atom is -0.497 e. The normalized spacial score (nSPS) is 16.0. The number of fused-ring (bicyclic) bond motifs is 1. The molecule has 4 rings (SSSR count). The maximum atomic E-state index is 13.1. The van der Waals surface area contributed by atoms with Gasteiger partial charge in [-0.25, -0.2) is 0 Å². The molecule has 0 aliphatic carbocycles. The van der Waals surface area contributed by atoms with E-state index in [1.807, 2.05) is 24.3 Å². The molecule has 0 spiro atoms. The van der Waals surface area contributed by atoms with Gasteiger partial charge in [-0.2, -0.15) is 0 Å². The second kappa shape index (κ2) is 8.67. The Balaban J connectivity index is 1.60. The number of nitrogens with zero attached hydrogens (tertiary/aromatic N) is 2. The predicted octanol–water partition coefficient (Wildman–Crippen LogP) is 2.67. The third-order valence-corrected chi connectivity index (χ3v) is 5.42. The van der Waals surface area contributed by atoms with Crippen molar-refractivity contribution in [3.05, 3.63) is 69.8 Å². The lowest BCUT2D eigenvalue weighted by atomic mass is 10.1. The number of benzene rings is 1. The van der Waals surface area contributed by atoms with E-state index in [1.54, 1.807) is 36.9 Å². The summed E-state index contributed by atoms with van der Waals surface area (Å²) in [7, 11) is 1.62. The van der Waals surface area contributed by atoms with Gasteiger partial charge in [0.2, 0.25) is 0 Å². The van der Waals surface area contributed by atoms with Crippen LogP contribution in [0.1, 0.15) is 34.5 Å². The van der Waals surface area contributed by atoms with Gasteiger partial charge < -0.3 is 19.4 Å². The summed E-state index contributed by atoms with van der Waals surface area (Å²) in [5.74, 6) is 0.533. The zero-order chi connectivity index (χ0) is 21.1. The fraction of sp³-hybridized carbons (Fsp3) is 0.348. The third-order valence-electron chi connectivity index (χ3n) is 5.42. The Hall–Kier alpha value is -3.19. The molecule has 1 amide bonds. The van der Waals surface area contributed by atoms with E-state index in [2.05, 4.69) is 10.3 Å². The quantitative estimate of drug-likeness (QED) is 0.679. The molecular weight excluding hydrogens is 382 g/mol. The highest BCUT2D eigenvalue weighted by atomic mass is 16.5. The van der Waals surface area contributed by atoms with Crippen molar-refractivity contribution in [2.45, 2.75) is 32.4 Å². The Morgan fingerprint density at radius 2 is 2.10 bits per heavy atom. The number of rotatable bonds is 6. The summed E-state index contributed by atoms with van der Waals surface area (Å²) in [6.07, 6.45) is 3.76. The molecule has 1 unspecified atom stereocenters. The number of ether oxygens (including phenoxy) is 2. The highest BCUT2D eigenvalue weighted by Gasteiger charge is 2.19. The molecule has 0 saturated carbocycles. The SMILES string of the molecule is COc1ccc(Cn2ccc3nc(C)c(C(=O)NCC4CCCO4)cc3c2=O)cc1. The zero-order valence-electron chi connectivity index (χ0n) is 17.2. The molecule has 2 aromatic heterocycles. The molecule has 1 atom stereocenters. The van der Waals surface area contributed by atoms with Gasteiger partial charge in [-0.05, 0) is 49.6 Å². The van der Waals surface area contributed by atoms with Crippen LogP contribution in [-0.2, 0) is 11.3 Å². The summed E-state index contributed by atoms with van der Waals surface area (Å²) >= 11 is 0. The van der Waals surface area contributed by atoms with Gasteiger partial charge >= 0.3 is 0 Å². The lowest BCUT2D eigenvalue weighted by molar-refractivity contribution is 0.0857. The van der Waals surface area contributed by atoms with Crippen LogP contribution in [0.3, 0.4) is 0 Å². The molecule has 1 fully saturated rings. The molecule has 7 heteroatoms. The Morgan fingerprint density at radius 1 is 1.30 bits per heavy atom. The molecule has 1 aliphatic heterocycles. The molecular formula is C23H25N3O4. The molecule has 30 heavy (non-hydrogen) atoms. The molecule has 3 aromatic rings. The fourth-order valence-electron chi connectivity index (χ4n) is 3.69. The van der Waals surface area contributed by atoms with Crippen LogP contribution in [0.4, 0.5) is 0 Å². The Morgan fingerprint density at radius 3 is 2.80 bits per heavy atom. The number of aromatic nitrogens is 2. The molecule has 1 aromatic carbocycles. The largest absolute Gasteiger partial charge is 0.497 e. The topological polar surface area (TPSA) is 82.5 Å². The number of pyridine rings is 2. The molecule has 3 heterocycles. The van der Waals surface area contributed by atoms with Crippen LogP contribution in [-0.4, -0.2) is 41.8 Å². The first kappa shape index (κ1) is 20.1. The number of hydrogen-bond acceptors (Lipinski definition) is 5. The minimum absolute atomic E-state index is 0.0596. The van der Waals surface area contributed by atoms with E-state index in [-0.39, 0.29) is 17.6 Å². The zero-order valence-corrected chi connectivity index (χ0v) is 17.2. The Bertz CT molecular complexity index is 1120. The third kappa shape index (κ3) is 4.21. The molecule has 7 nitrogen and oxygen atoms in total. The summed E-state index contributed by atoms with van der Waals surface area (Å²) in [4.78, 5) is 30.2. The Labute approximate surface area is 174 Å². The van der Waals surface area contributed by atoms with Gasteiger partial charge in [0.1, 0.15) is 5.75 Å². The summed E-state index contributed by atoms with van der Waals surface area (Å²) < 4.78 is 12.4. The van der Waals surface area contributed by atoms with Crippen LogP contribution in [0.5, 0.6) is 5.75 Å². The number of carbonyl (C=O) groups excluding carboxylic acids is 1. The van der Waals surface area contributed by atoms with Crippen LogP contribution in [0, 0.1) is 6.92 Å². The Kier molecular flexibility index (Phi) is 5.81. The van der Waals surface area contributed by atoms with Crippen LogP contribution >= 0.6 is 0 Å². The number of nitrogens with one attached hydrogen (secondary N) is 1. The average molecular weight is 407 g/mol. The van der Waals surface area contributed by atoms with E-state index in [1.165, 1.54) is 0 Å². The molecule has 156 valence electrons. The van der Waals surface area contributed by atoms with Gasteiger partial charge in [-0.15, -0.1) is 0 Å². The first-order valence-electron chi connectivity index (χ1n) is 10.1. The number of methoxy groups -OCH3 is 1. The first-order valence-corrected chi connectivity index (χ1v) is 10.1. The minimum atomic E-state index is -0.234. The van der Waals surface area contributed by atoms with E-state index in [0.29, 0.717) is 35.2 Å². The maximum absolute atomic E-state index is 13.1. The van der Waals surface area contributed by atoms with Crippen LogP contribution < -0.4 is 15.6 Å². The summed E-state index contributed by atoms with van der Waals surface area (Å²) in [5, 5.41) is 3.34. The van der Waals surface area contributed by atoms with Crippen molar-refractivity contribution in [1.29, 1.82) is 0 Å². The molecule has 1 N–H and O–H groups in total. The van der Waals surface area contributed by atoms with Gasteiger partial charge in [0.15, 0.2) is 0 Å². The molecule has 0 radical (unpaired) electrons. The van der Waals surface area contributed by atoms with E-state index < -0.39 is 0 Å². The summed E-state index contributed by atoms with van der Waals surface area (Å²) in [5.41, 5.74) is 2.40. The monoisotopic (exact) mass is 407 g/mol. The smallest absolute Gasteiger partial charge is 0.260 e. The van der Waals surface area contributed by atoms with Crippen LogP contribution in [0.25, 0.3) is 10.9 Å². The van der Waals surface area contributed by atoms with Crippen molar-refractivity contribution in [2.24, 2.45) is 0 Å². The van der Waals surface area contributed by atoms with Gasteiger partial charge in [0.05, 0.1) is 41.9 Å². The fourth-order valence-corrected chi connectivity index (χ4v) is 3.69. The number of hydrogen-bond donors (Lipinski definition) is 1. The first-order chi connectivity index (χ1) is 14.5. The van der Waals surface area contributed by atoms with Crippen molar-refractivity contribution < 1.29 is 14.3 Å². The molecule has 1 saturated heterocycles. The van der Waals surface area contributed by atoms with Crippen LogP contribution in [0.2, 0.25) is 0 Å². The van der Waals surface area contributed by atoms with E-state index in [4.69, 9.17) is 9.47 Å². The van der Waals surface area contributed by atoms with E-state index >= 15 is 0 Å². The van der Waals surface area contributed by atoms with Gasteiger partial charge in [0, 0.05) is 19.3 Å². The molecule has 0 bridgehead atoms. The predicted molar refractivity (Wildman–Crippen MR) is 114 cm³/mol. The molecule has 1 aliphatic rings. The van der Waals surface area contributed by atoms with Crippen molar-refractivity contribution in [1.82, 2.24) is 14.9 Å². The second-order valence-corrected chi connectivity index (χ2v) is 7.50. The number of carbonyl (C=O) groups is 1. The van der Waals surface area contributed by atoms with E-state index in [0.717, 1.165) is 30.8 Å². The van der Waals surface area contributed by atoms with Crippen molar-refractivity contribution in [2.75, 3.05) is 20.3 Å². The van der Waals surface area contributed by atoms with Gasteiger partial charge in [-0.3, -0.25) is 14.6 Å². The standard InChI is InChI=1S/C23H25N3O4/c1-15-19(22(27)24-13-18-4-3-11-30-18)12-20-21(25-15)9-10-26(23(20)28)14-16-5-7-17(29-2)8-6-16/h5-10,12,18H,3-4,11,13-14H2,1-2H3,(H,24,27). The highest BCUT2D eigenvalue weighted by molar-refractivity contribution is 5.98. The van der Waals surface area contributed by atoms with Crippen molar-refractivity contribution in [3.63, 3.8) is 0 Å². The van der Waals surface area contributed by atoms with Crippen LogP contribution in [0.15, 0.2) is 47.4 Å². The lowest BCUT2D eigenvalue weighted by Crippen LogP contribution is -2.32. The van der Waals surface area contributed by atoms with Crippen molar-refractivity contribution in [3.8, 4) is 5.75 Å². The van der Waals surface area contributed by atoms with Crippen molar-refractivity contribution >= 4 is 16.8 Å². The maximum Gasteiger partial charge on any atom is 0.260 e. The van der Waals surface area contributed by atoms with Gasteiger partial charge in [-0.1, -0.05) is 12.1 Å². The number of aryl methyl sites for hydroxylation is 1.